The molecule has 146 valence electrons. The van der Waals surface area contributed by atoms with Crippen LogP contribution in [0.15, 0.2) is 35.7 Å². The highest BCUT2D eigenvalue weighted by atomic mass is 32.1. The van der Waals surface area contributed by atoms with Crippen LogP contribution >= 0.6 is 22.7 Å². The summed E-state index contributed by atoms with van der Waals surface area (Å²) in [6.45, 7) is 2.10. The van der Waals surface area contributed by atoms with Crippen LogP contribution in [0.25, 0.3) is 10.6 Å². The van der Waals surface area contributed by atoms with Crippen LogP contribution in [-0.4, -0.2) is 29.9 Å². The Kier molecular flexibility index (Phi) is 6.48. The van der Waals surface area contributed by atoms with Crippen LogP contribution < -0.4 is 10.6 Å². The van der Waals surface area contributed by atoms with Gasteiger partial charge in [0.25, 0.3) is 5.91 Å². The van der Waals surface area contributed by atoms with Crippen molar-refractivity contribution in [3.8, 4) is 10.6 Å². The number of rotatable bonds is 7. The van der Waals surface area contributed by atoms with Gasteiger partial charge in [-0.05, 0) is 37.6 Å². The molecule has 0 aliphatic heterocycles. The van der Waals surface area contributed by atoms with Crippen molar-refractivity contribution in [2.75, 3.05) is 13.1 Å². The van der Waals surface area contributed by atoms with Crippen molar-refractivity contribution < 1.29 is 18.4 Å². The number of carbonyl (C=O) groups excluding carboxylic acids is 2. The summed E-state index contributed by atoms with van der Waals surface area (Å²) in [5.41, 5.74) is 0.785. The van der Waals surface area contributed by atoms with Crippen LogP contribution in [0.4, 0.5) is 8.78 Å². The van der Waals surface area contributed by atoms with Gasteiger partial charge in [-0.2, -0.15) is 0 Å². The first-order valence-electron chi connectivity index (χ1n) is 8.43. The molecule has 28 heavy (non-hydrogen) atoms. The first-order chi connectivity index (χ1) is 13.4. The molecule has 0 atom stereocenters. The predicted molar refractivity (Wildman–Crippen MR) is 106 cm³/mol. The van der Waals surface area contributed by atoms with E-state index < -0.39 is 17.5 Å². The number of hydrogen-bond acceptors (Lipinski definition) is 5. The van der Waals surface area contributed by atoms with Crippen molar-refractivity contribution in [3.05, 3.63) is 62.8 Å². The van der Waals surface area contributed by atoms with Crippen LogP contribution in [0.5, 0.6) is 0 Å². The maximum Gasteiger partial charge on any atom is 0.251 e. The second-order valence-electron chi connectivity index (χ2n) is 5.96. The summed E-state index contributed by atoms with van der Waals surface area (Å²) in [7, 11) is 0. The Balaban J connectivity index is 1.42. The van der Waals surface area contributed by atoms with Gasteiger partial charge in [-0.3, -0.25) is 9.59 Å². The largest absolute Gasteiger partial charge is 0.354 e. The summed E-state index contributed by atoms with van der Waals surface area (Å²) in [4.78, 5) is 30.4. The predicted octanol–water partition coefficient (Wildman–Crippen LogP) is 3.55. The molecule has 9 heteroatoms. The maximum atomic E-state index is 13.1. The molecule has 0 bridgehead atoms. The van der Waals surface area contributed by atoms with Crippen molar-refractivity contribution in [2.24, 2.45) is 0 Å². The molecule has 0 aliphatic rings. The highest BCUT2D eigenvalue weighted by molar-refractivity contribution is 7.16. The lowest BCUT2D eigenvalue weighted by Gasteiger charge is -2.07. The number of amides is 2. The molecule has 0 aliphatic carbocycles. The van der Waals surface area contributed by atoms with Gasteiger partial charge in [0, 0.05) is 28.4 Å². The quantitative estimate of drug-likeness (QED) is 0.613. The summed E-state index contributed by atoms with van der Waals surface area (Å²) in [6.07, 6.45) is 0.655. The number of aromatic nitrogens is 1. The molecule has 3 aromatic rings. The third kappa shape index (κ3) is 5.43. The first-order valence-corrected chi connectivity index (χ1v) is 10.1. The first kappa shape index (κ1) is 20.1. The lowest BCUT2D eigenvalue weighted by Crippen LogP contribution is -2.37. The molecule has 2 amide bonds. The van der Waals surface area contributed by atoms with E-state index >= 15 is 0 Å². The van der Waals surface area contributed by atoms with Gasteiger partial charge in [-0.1, -0.05) is 0 Å². The maximum absolute atomic E-state index is 13.1. The zero-order valence-corrected chi connectivity index (χ0v) is 16.6. The molecule has 0 unspecified atom stereocenters. The molecule has 2 N–H and O–H groups in total. The highest BCUT2D eigenvalue weighted by Crippen LogP contribution is 2.29. The minimum atomic E-state index is -0.849. The Labute approximate surface area is 168 Å². The number of nitrogens with zero attached hydrogens (tertiary/aromatic N) is 1. The summed E-state index contributed by atoms with van der Waals surface area (Å²) in [5, 5.41) is 8.07. The monoisotopic (exact) mass is 421 g/mol. The second kappa shape index (κ2) is 9.03. The van der Waals surface area contributed by atoms with E-state index in [9.17, 15) is 18.4 Å². The van der Waals surface area contributed by atoms with Gasteiger partial charge in [0.05, 0.1) is 22.1 Å². The van der Waals surface area contributed by atoms with Gasteiger partial charge in [-0.15, -0.1) is 22.7 Å². The van der Waals surface area contributed by atoms with Crippen molar-refractivity contribution in [3.63, 3.8) is 0 Å². The summed E-state index contributed by atoms with van der Waals surface area (Å²) in [5.74, 6) is -2.79. The molecule has 1 aromatic carbocycles. The molecular weight excluding hydrogens is 404 g/mol. The Morgan fingerprint density at radius 2 is 1.86 bits per heavy atom. The number of benzene rings is 1. The molecule has 0 saturated carbocycles. The van der Waals surface area contributed by atoms with Crippen LogP contribution in [0.2, 0.25) is 0 Å². The number of halogens is 2. The molecule has 0 saturated heterocycles. The normalized spacial score (nSPS) is 10.7. The van der Waals surface area contributed by atoms with Crippen molar-refractivity contribution in [1.82, 2.24) is 15.6 Å². The number of thiophene rings is 1. The van der Waals surface area contributed by atoms with Crippen LogP contribution in [0.3, 0.4) is 0 Å². The van der Waals surface area contributed by atoms with E-state index in [0.29, 0.717) is 19.0 Å². The van der Waals surface area contributed by atoms with Gasteiger partial charge in [-0.25, -0.2) is 13.8 Å². The van der Waals surface area contributed by atoms with E-state index in [1.807, 2.05) is 24.4 Å². The van der Waals surface area contributed by atoms with Gasteiger partial charge in [0.1, 0.15) is 11.6 Å². The van der Waals surface area contributed by atoms with Crippen LogP contribution in [0.1, 0.15) is 20.2 Å². The molecule has 2 heterocycles. The zero-order chi connectivity index (χ0) is 20.1. The molecule has 0 spiro atoms. The van der Waals surface area contributed by atoms with Crippen LogP contribution in [0, 0.1) is 18.6 Å². The molecule has 2 aromatic heterocycles. The van der Waals surface area contributed by atoms with Crippen LogP contribution in [-0.2, 0) is 11.2 Å². The average molecular weight is 421 g/mol. The zero-order valence-electron chi connectivity index (χ0n) is 14.9. The molecule has 0 radical (unpaired) electrons. The fraction of sp³-hybridized carbons (Fsp3) is 0.211. The highest BCUT2D eigenvalue weighted by Gasteiger charge is 2.11. The van der Waals surface area contributed by atoms with Crippen molar-refractivity contribution >= 4 is 34.5 Å². The van der Waals surface area contributed by atoms with E-state index in [2.05, 4.69) is 15.6 Å². The number of hydrogen-bond donors (Lipinski definition) is 2. The minimum absolute atomic E-state index is 0.173. The number of carbonyl (C=O) groups is 2. The lowest BCUT2D eigenvalue weighted by atomic mass is 10.2. The lowest BCUT2D eigenvalue weighted by molar-refractivity contribution is -0.120. The fourth-order valence-electron chi connectivity index (χ4n) is 2.46. The topological polar surface area (TPSA) is 71.1 Å². The average Bonchev–Trinajstić information content (AvgIpc) is 3.27. The Morgan fingerprint density at radius 1 is 1.11 bits per heavy atom. The Morgan fingerprint density at radius 3 is 2.54 bits per heavy atom. The summed E-state index contributed by atoms with van der Waals surface area (Å²) >= 11 is 3.22. The third-order valence-corrected chi connectivity index (χ3v) is 5.70. The van der Waals surface area contributed by atoms with E-state index in [4.69, 9.17) is 0 Å². The third-order valence-electron chi connectivity index (χ3n) is 3.76. The SMILES string of the molecule is Cc1nc(-c2ccc(CCNC(=O)CNC(=O)c3cc(F)cc(F)c3)s2)cs1. The number of nitrogens with one attached hydrogen (secondary N) is 2. The van der Waals surface area contributed by atoms with E-state index in [-0.39, 0.29) is 18.0 Å². The number of aryl methyl sites for hydroxylation is 1. The standard InChI is InChI=1S/C19H17F2N3O2S2/c1-11-24-16(10-27-11)17-3-2-15(28-17)4-5-22-18(25)9-23-19(26)12-6-13(20)8-14(21)7-12/h2-3,6-8,10H,4-5,9H2,1H3,(H,22,25)(H,23,26). The summed E-state index contributed by atoms with van der Waals surface area (Å²) < 4.78 is 26.2. The minimum Gasteiger partial charge on any atom is -0.354 e. The van der Waals surface area contributed by atoms with Gasteiger partial charge in [0.2, 0.25) is 5.91 Å². The Hall–Kier alpha value is -2.65. The van der Waals surface area contributed by atoms with Crippen molar-refractivity contribution in [1.29, 1.82) is 0 Å². The van der Waals surface area contributed by atoms with E-state index in [1.54, 1.807) is 22.7 Å². The van der Waals surface area contributed by atoms with Gasteiger partial charge in [0.15, 0.2) is 0 Å². The summed E-state index contributed by atoms with van der Waals surface area (Å²) in [6, 6.07) is 6.51. The van der Waals surface area contributed by atoms with Crippen molar-refractivity contribution in [2.45, 2.75) is 13.3 Å². The molecule has 5 nitrogen and oxygen atoms in total. The molecular formula is C19H17F2N3O2S2. The van der Waals surface area contributed by atoms with Gasteiger partial charge >= 0.3 is 0 Å². The van der Waals surface area contributed by atoms with E-state index in [0.717, 1.165) is 32.6 Å². The fourth-order valence-corrected chi connectivity index (χ4v) is 4.12. The van der Waals surface area contributed by atoms with Gasteiger partial charge < -0.3 is 10.6 Å². The van der Waals surface area contributed by atoms with E-state index in [1.165, 1.54) is 0 Å². The molecule has 0 fully saturated rings. The number of thiazole rings is 1. The molecule has 3 rings (SSSR count). The second-order valence-corrected chi connectivity index (χ2v) is 8.19. The smallest absolute Gasteiger partial charge is 0.251 e. The Bertz CT molecular complexity index is 980.